The van der Waals surface area contributed by atoms with Gasteiger partial charge in [0.25, 0.3) is 5.91 Å². The zero-order chi connectivity index (χ0) is 23.4. The molecule has 34 heavy (non-hydrogen) atoms. The Morgan fingerprint density at radius 3 is 2.29 bits per heavy atom. The minimum Gasteiger partial charge on any atom is -0.461 e. The van der Waals surface area contributed by atoms with Crippen LogP contribution in [0.3, 0.4) is 0 Å². The molecule has 5 heteroatoms. The van der Waals surface area contributed by atoms with Crippen LogP contribution in [0.25, 0.3) is 11.3 Å². The summed E-state index contributed by atoms with van der Waals surface area (Å²) in [5.41, 5.74) is 14.3. The average Bonchev–Trinajstić information content (AvgIpc) is 3.56. The number of amidine groups is 1. The van der Waals surface area contributed by atoms with E-state index in [-0.39, 0.29) is 11.7 Å². The van der Waals surface area contributed by atoms with Crippen molar-refractivity contribution in [1.82, 2.24) is 5.32 Å². The van der Waals surface area contributed by atoms with Crippen molar-refractivity contribution in [2.75, 3.05) is 0 Å². The average molecular weight is 448 g/mol. The Hall–Kier alpha value is -4.12. The van der Waals surface area contributed by atoms with Crippen molar-refractivity contribution in [3.63, 3.8) is 0 Å². The van der Waals surface area contributed by atoms with Crippen LogP contribution in [-0.2, 0) is 6.54 Å². The van der Waals surface area contributed by atoms with Gasteiger partial charge in [-0.3, -0.25) is 10.2 Å². The number of aryl methyl sites for hydroxylation is 1. The maximum atomic E-state index is 12.9. The van der Waals surface area contributed by atoms with Crippen LogP contribution in [0.15, 0.2) is 77.2 Å². The van der Waals surface area contributed by atoms with Crippen molar-refractivity contribution in [1.29, 1.82) is 5.41 Å². The van der Waals surface area contributed by atoms with Crippen LogP contribution in [0.1, 0.15) is 67.8 Å². The van der Waals surface area contributed by atoms with Gasteiger partial charge in [-0.2, -0.15) is 0 Å². The highest BCUT2D eigenvalue weighted by molar-refractivity contribution is 5.95. The summed E-state index contributed by atoms with van der Waals surface area (Å²) in [5, 5.41) is 10.5. The number of amides is 1. The van der Waals surface area contributed by atoms with Crippen LogP contribution in [0.5, 0.6) is 0 Å². The molecule has 0 aliphatic heterocycles. The smallest absolute Gasteiger partial charge is 0.251 e. The number of carbonyl (C=O) groups is 1. The first-order chi connectivity index (χ1) is 16.5. The molecule has 168 valence electrons. The number of carbonyl (C=O) groups excluding carboxylic acids is 1. The monoisotopic (exact) mass is 447 g/mol. The number of benzene rings is 3. The number of rotatable bonds is 5. The molecule has 2 bridgehead atoms. The van der Waals surface area contributed by atoms with Gasteiger partial charge in [0.05, 0.1) is 0 Å². The van der Waals surface area contributed by atoms with E-state index in [0.29, 0.717) is 29.5 Å². The lowest BCUT2D eigenvalue weighted by Crippen LogP contribution is -2.23. The van der Waals surface area contributed by atoms with Crippen LogP contribution < -0.4 is 11.1 Å². The molecule has 6 rings (SSSR count). The number of nitrogen functional groups attached to an aromatic ring is 1. The van der Waals surface area contributed by atoms with E-state index in [1.54, 1.807) is 12.1 Å². The molecule has 3 aromatic carbocycles. The Morgan fingerprint density at radius 2 is 1.59 bits per heavy atom. The molecule has 5 nitrogen and oxygen atoms in total. The minimum atomic E-state index is -0.0822. The summed E-state index contributed by atoms with van der Waals surface area (Å²) in [6.45, 7) is 2.39. The molecule has 2 aliphatic carbocycles. The van der Waals surface area contributed by atoms with E-state index in [0.717, 1.165) is 29.1 Å². The van der Waals surface area contributed by atoms with E-state index < -0.39 is 0 Å². The first-order valence-electron chi connectivity index (χ1n) is 11.5. The highest BCUT2D eigenvalue weighted by Crippen LogP contribution is 2.57. The van der Waals surface area contributed by atoms with Gasteiger partial charge in [0.2, 0.25) is 0 Å². The number of hydrogen-bond donors (Lipinski definition) is 3. The van der Waals surface area contributed by atoms with Crippen molar-refractivity contribution in [3.8, 4) is 11.3 Å². The van der Waals surface area contributed by atoms with E-state index in [1.165, 1.54) is 22.3 Å². The van der Waals surface area contributed by atoms with E-state index >= 15 is 0 Å². The van der Waals surface area contributed by atoms with Gasteiger partial charge in [-0.15, -0.1) is 0 Å². The molecule has 2 aliphatic rings. The van der Waals surface area contributed by atoms with Gasteiger partial charge in [-0.25, -0.2) is 0 Å². The fourth-order valence-corrected chi connectivity index (χ4v) is 5.44. The molecule has 0 fully saturated rings. The minimum absolute atomic E-state index is 0.0380. The summed E-state index contributed by atoms with van der Waals surface area (Å²) < 4.78 is 5.84. The van der Waals surface area contributed by atoms with Gasteiger partial charge >= 0.3 is 0 Å². The van der Waals surface area contributed by atoms with E-state index in [9.17, 15) is 4.79 Å². The topological polar surface area (TPSA) is 92.1 Å². The Bertz CT molecular complexity index is 1450. The quantitative estimate of drug-likeness (QED) is 0.281. The predicted molar refractivity (Wildman–Crippen MR) is 132 cm³/mol. The zero-order valence-electron chi connectivity index (χ0n) is 18.9. The molecule has 2 atom stereocenters. The summed E-state index contributed by atoms with van der Waals surface area (Å²) in [5.74, 6) is 2.48. The second-order valence-electron chi connectivity index (χ2n) is 9.23. The fourth-order valence-electron chi connectivity index (χ4n) is 5.44. The van der Waals surface area contributed by atoms with E-state index in [4.69, 9.17) is 15.6 Å². The van der Waals surface area contributed by atoms with Gasteiger partial charge < -0.3 is 15.5 Å². The third-order valence-electron chi connectivity index (χ3n) is 7.15. The molecule has 0 saturated heterocycles. The highest BCUT2D eigenvalue weighted by atomic mass is 16.3. The Morgan fingerprint density at radius 1 is 0.912 bits per heavy atom. The molecular formula is C29H25N3O2. The van der Waals surface area contributed by atoms with Crippen molar-refractivity contribution in [2.45, 2.75) is 31.7 Å². The number of furan rings is 1. The number of hydrogen-bond acceptors (Lipinski definition) is 3. The summed E-state index contributed by atoms with van der Waals surface area (Å²) in [6, 6.07) is 24.2. The van der Waals surface area contributed by atoms with E-state index in [2.05, 4.69) is 35.6 Å². The molecule has 4 aromatic rings. The fraction of sp³-hybridized carbons (Fsp3) is 0.172. The van der Waals surface area contributed by atoms with Crippen LogP contribution >= 0.6 is 0 Å². The Labute approximate surface area is 198 Å². The first-order valence-corrected chi connectivity index (χ1v) is 11.5. The lowest BCUT2D eigenvalue weighted by molar-refractivity contribution is 0.0951. The van der Waals surface area contributed by atoms with Crippen LogP contribution in [-0.4, -0.2) is 11.7 Å². The van der Waals surface area contributed by atoms with Crippen LogP contribution in [0, 0.1) is 12.3 Å². The number of fused-ring (bicyclic) bond motifs is 8. The normalized spacial score (nSPS) is 17.3. The van der Waals surface area contributed by atoms with Crippen LogP contribution in [0.4, 0.5) is 0 Å². The molecule has 1 unspecified atom stereocenters. The molecule has 1 aromatic heterocycles. The summed E-state index contributed by atoms with van der Waals surface area (Å²) >= 11 is 0. The molecule has 4 N–H and O–H groups in total. The second-order valence-corrected chi connectivity index (χ2v) is 9.23. The summed E-state index contributed by atoms with van der Waals surface area (Å²) in [4.78, 5) is 12.9. The maximum Gasteiger partial charge on any atom is 0.251 e. The molecule has 0 saturated carbocycles. The lowest BCUT2D eigenvalue weighted by Gasteiger charge is -2.20. The zero-order valence-corrected chi connectivity index (χ0v) is 18.9. The maximum absolute atomic E-state index is 12.9. The number of nitrogens with two attached hydrogens (primary N) is 1. The van der Waals surface area contributed by atoms with Crippen molar-refractivity contribution < 1.29 is 9.21 Å². The lowest BCUT2D eigenvalue weighted by atomic mass is 9.84. The largest absolute Gasteiger partial charge is 0.461 e. The van der Waals surface area contributed by atoms with Gasteiger partial charge in [-0.05, 0) is 71.5 Å². The molecule has 1 heterocycles. The SMILES string of the molecule is Cc1ccc(-c2ccc3c(c2)C2C[C@@H]3c3ccc(C(=O)NCc4ccc(C(=N)N)cc4)cc32)o1. The van der Waals surface area contributed by atoms with Gasteiger partial charge in [0.1, 0.15) is 17.4 Å². The third-order valence-corrected chi connectivity index (χ3v) is 7.15. The first kappa shape index (κ1) is 20.5. The summed E-state index contributed by atoms with van der Waals surface area (Å²) in [6.07, 6.45) is 1.07. The molecule has 0 radical (unpaired) electrons. The Balaban J connectivity index is 1.22. The van der Waals surface area contributed by atoms with Crippen molar-refractivity contribution in [2.24, 2.45) is 5.73 Å². The number of nitrogens with one attached hydrogen (secondary N) is 2. The van der Waals surface area contributed by atoms with Crippen molar-refractivity contribution in [3.05, 3.63) is 118 Å². The van der Waals surface area contributed by atoms with Crippen LogP contribution in [0.2, 0.25) is 0 Å². The molecule has 1 amide bonds. The third kappa shape index (κ3) is 3.32. The summed E-state index contributed by atoms with van der Waals surface area (Å²) in [7, 11) is 0. The molecule has 0 spiro atoms. The highest BCUT2D eigenvalue weighted by Gasteiger charge is 2.41. The standard InChI is InChI=1S/C29H25N3O2/c1-16-2-11-27(34-16)19-7-9-21-23(12-19)26-14-25(21)22-10-8-20(13-24(22)26)29(33)32-15-17-3-5-18(6-4-17)28(30)31/h2-13,25-26H,14-15H2,1H3,(H3,30,31)(H,32,33)/t25-,26?/m0/s1. The van der Waals surface area contributed by atoms with E-state index in [1.807, 2.05) is 37.3 Å². The second kappa shape index (κ2) is 7.73. The van der Waals surface area contributed by atoms with Gasteiger partial charge in [-0.1, -0.05) is 42.5 Å². The molecular weight excluding hydrogens is 422 g/mol. The predicted octanol–water partition coefficient (Wildman–Crippen LogP) is 5.45. The van der Waals surface area contributed by atoms with Gasteiger partial charge in [0.15, 0.2) is 0 Å². The Kier molecular flexibility index (Phi) is 4.66. The van der Waals surface area contributed by atoms with Crippen molar-refractivity contribution >= 4 is 11.7 Å². The van der Waals surface area contributed by atoms with Gasteiger partial charge in [0, 0.05) is 35.1 Å².